The number of aryl methyl sites for hydroxylation is 1. The molecule has 0 atom stereocenters. The fraction of sp³-hybridized carbons (Fsp3) is 0.0952. The zero-order valence-corrected chi connectivity index (χ0v) is 16.1. The number of hydrogen-bond acceptors (Lipinski definition) is 3. The Morgan fingerprint density at radius 1 is 1.00 bits per heavy atom. The Morgan fingerprint density at radius 3 is 2.36 bits per heavy atom. The zero-order chi connectivity index (χ0) is 19.8. The minimum atomic E-state index is -0.485. The van der Waals surface area contributed by atoms with Crippen LogP contribution in [0.25, 0.3) is 11.8 Å². The Labute approximate surface area is 167 Å². The van der Waals surface area contributed by atoms with Crippen LogP contribution >= 0.6 is 11.6 Å². The predicted octanol–water partition coefficient (Wildman–Crippen LogP) is 4.24. The number of aromatic nitrogens is 2. The maximum Gasteiger partial charge on any atom is 0.333 e. The Bertz CT molecular complexity index is 1100. The first-order chi connectivity index (χ1) is 13.5. The lowest BCUT2D eigenvalue weighted by atomic mass is 10.2. The van der Waals surface area contributed by atoms with Gasteiger partial charge in [0.05, 0.1) is 5.69 Å². The molecule has 4 rings (SSSR count). The van der Waals surface area contributed by atoms with Crippen LogP contribution in [0.3, 0.4) is 0 Å². The molecule has 1 aliphatic heterocycles. The van der Waals surface area contributed by atoms with E-state index >= 15 is 0 Å². The van der Waals surface area contributed by atoms with E-state index < -0.39 is 11.9 Å². The summed E-state index contributed by atoms with van der Waals surface area (Å²) in [6, 6.07) is 11.9. The molecule has 0 unspecified atom stereocenters. The molecule has 1 fully saturated rings. The molecular weight excluding hydrogens is 376 g/mol. The lowest BCUT2D eigenvalue weighted by Crippen LogP contribution is -2.30. The van der Waals surface area contributed by atoms with Gasteiger partial charge < -0.3 is 9.88 Å². The minimum Gasteiger partial charge on any atom is -0.318 e. The van der Waals surface area contributed by atoms with E-state index in [2.05, 4.69) is 14.9 Å². The quantitative estimate of drug-likeness (QED) is 0.535. The van der Waals surface area contributed by atoms with Gasteiger partial charge in [-0.1, -0.05) is 11.6 Å². The van der Waals surface area contributed by atoms with Gasteiger partial charge in [-0.15, -0.1) is 0 Å². The Morgan fingerprint density at radius 2 is 1.68 bits per heavy atom. The van der Waals surface area contributed by atoms with Crippen molar-refractivity contribution in [1.82, 2.24) is 14.9 Å². The summed E-state index contributed by atoms with van der Waals surface area (Å²) in [4.78, 5) is 30.3. The number of nitrogens with one attached hydrogen (secondary N) is 1. The number of carbonyl (C=O) groups is 2. The molecule has 1 saturated heterocycles. The molecule has 140 valence electrons. The molecule has 3 heterocycles. The number of benzene rings is 1. The summed E-state index contributed by atoms with van der Waals surface area (Å²) >= 11 is 5.89. The highest BCUT2D eigenvalue weighted by atomic mass is 35.5. The topological polar surface area (TPSA) is 67.2 Å². The van der Waals surface area contributed by atoms with Crippen molar-refractivity contribution in [1.29, 1.82) is 0 Å². The first kappa shape index (κ1) is 18.0. The number of rotatable bonds is 3. The normalized spacial score (nSPS) is 15.4. The monoisotopic (exact) mass is 392 g/mol. The summed E-state index contributed by atoms with van der Waals surface area (Å²) in [7, 11) is 0. The minimum absolute atomic E-state index is 0.231. The summed E-state index contributed by atoms with van der Waals surface area (Å²) in [6.07, 6.45) is 5.17. The lowest BCUT2D eigenvalue weighted by Gasteiger charge is -2.11. The maximum absolute atomic E-state index is 12.8. The van der Waals surface area contributed by atoms with Crippen LogP contribution in [0.2, 0.25) is 5.02 Å². The van der Waals surface area contributed by atoms with Crippen LogP contribution in [0.15, 0.2) is 60.6 Å². The molecule has 6 nitrogen and oxygen atoms in total. The van der Waals surface area contributed by atoms with Gasteiger partial charge in [0.15, 0.2) is 0 Å². The van der Waals surface area contributed by atoms with Crippen molar-refractivity contribution >= 4 is 35.3 Å². The summed E-state index contributed by atoms with van der Waals surface area (Å²) in [5.74, 6) is -0.402. The number of amides is 3. The summed E-state index contributed by atoms with van der Waals surface area (Å²) in [5, 5.41) is 3.19. The van der Waals surface area contributed by atoms with E-state index in [0.29, 0.717) is 10.7 Å². The third-order valence-electron chi connectivity index (χ3n) is 4.65. The molecule has 7 heteroatoms. The van der Waals surface area contributed by atoms with Crippen LogP contribution in [0.4, 0.5) is 10.5 Å². The van der Waals surface area contributed by atoms with E-state index in [4.69, 9.17) is 11.6 Å². The van der Waals surface area contributed by atoms with Crippen molar-refractivity contribution in [2.75, 3.05) is 4.90 Å². The van der Waals surface area contributed by atoms with Crippen LogP contribution in [-0.4, -0.2) is 21.5 Å². The zero-order valence-electron chi connectivity index (χ0n) is 15.3. The number of nitrogens with zero attached hydrogens (tertiary/aromatic N) is 3. The predicted molar refractivity (Wildman–Crippen MR) is 108 cm³/mol. The van der Waals surface area contributed by atoms with Gasteiger partial charge >= 0.3 is 6.03 Å². The molecule has 0 radical (unpaired) electrons. The molecule has 1 N–H and O–H groups in total. The molecule has 0 saturated carbocycles. The average molecular weight is 393 g/mol. The number of halogens is 1. The maximum atomic E-state index is 12.8. The number of urea groups is 1. The van der Waals surface area contributed by atoms with Crippen LogP contribution in [0.5, 0.6) is 0 Å². The summed E-state index contributed by atoms with van der Waals surface area (Å²) < 4.78 is 2.08. The highest BCUT2D eigenvalue weighted by molar-refractivity contribution is 6.31. The van der Waals surface area contributed by atoms with Crippen LogP contribution in [0, 0.1) is 13.8 Å². The molecule has 28 heavy (non-hydrogen) atoms. The third-order valence-corrected chi connectivity index (χ3v) is 4.91. The molecule has 0 aliphatic carbocycles. The number of carbonyl (C=O) groups excluding carboxylic acids is 2. The highest BCUT2D eigenvalue weighted by Gasteiger charge is 2.35. The number of pyridine rings is 1. The van der Waals surface area contributed by atoms with Gasteiger partial charge in [0.2, 0.25) is 0 Å². The van der Waals surface area contributed by atoms with Gasteiger partial charge in [0.1, 0.15) is 5.70 Å². The second kappa shape index (κ2) is 6.98. The van der Waals surface area contributed by atoms with Gasteiger partial charge in [0.25, 0.3) is 5.91 Å². The molecular formula is C21H17ClN4O2. The lowest BCUT2D eigenvalue weighted by molar-refractivity contribution is -0.113. The van der Waals surface area contributed by atoms with E-state index in [0.717, 1.165) is 27.5 Å². The fourth-order valence-corrected chi connectivity index (χ4v) is 3.47. The van der Waals surface area contributed by atoms with Crippen LogP contribution in [0.1, 0.15) is 17.0 Å². The third kappa shape index (κ3) is 3.08. The van der Waals surface area contributed by atoms with Gasteiger partial charge in [-0.25, -0.2) is 9.69 Å². The second-order valence-electron chi connectivity index (χ2n) is 6.47. The highest BCUT2D eigenvalue weighted by Crippen LogP contribution is 2.26. The molecule has 3 amide bonds. The van der Waals surface area contributed by atoms with Gasteiger partial charge in [0, 0.05) is 34.5 Å². The summed E-state index contributed by atoms with van der Waals surface area (Å²) in [5.41, 5.74) is 4.52. The van der Waals surface area contributed by atoms with Gasteiger partial charge in [-0.3, -0.25) is 9.78 Å². The molecule has 2 aromatic heterocycles. The number of anilines is 1. The van der Waals surface area contributed by atoms with E-state index in [1.165, 1.54) is 0 Å². The van der Waals surface area contributed by atoms with Gasteiger partial charge in [-0.2, -0.15) is 0 Å². The number of hydrogen-bond donors (Lipinski definition) is 1. The molecule has 3 aromatic rings. The first-order valence-electron chi connectivity index (χ1n) is 8.68. The number of imide groups is 1. The fourth-order valence-electron chi connectivity index (χ4n) is 3.34. The van der Waals surface area contributed by atoms with Crippen molar-refractivity contribution in [3.05, 3.63) is 82.5 Å². The molecule has 1 aromatic carbocycles. The first-order valence-corrected chi connectivity index (χ1v) is 9.05. The van der Waals surface area contributed by atoms with Crippen molar-refractivity contribution in [3.8, 4) is 5.69 Å². The molecule has 0 bridgehead atoms. The average Bonchev–Trinajstić information content (AvgIpc) is 3.12. The van der Waals surface area contributed by atoms with E-state index in [-0.39, 0.29) is 5.70 Å². The Hall–Kier alpha value is -3.38. The largest absolute Gasteiger partial charge is 0.333 e. The van der Waals surface area contributed by atoms with Crippen molar-refractivity contribution in [2.24, 2.45) is 0 Å². The Balaban J connectivity index is 1.70. The standard InChI is InChI=1S/C21H17ClN4O2/c1-13-11-15(14(2)25(13)18-7-9-23-10-8-18)12-19-20(27)26(21(28)24-19)17-5-3-16(22)4-6-17/h3-12H,1-2H3,(H,24,28)/b19-12-. The Kier molecular flexibility index (Phi) is 4.49. The molecule has 0 spiro atoms. The van der Waals surface area contributed by atoms with Crippen LogP contribution in [-0.2, 0) is 4.79 Å². The molecule has 1 aliphatic rings. The van der Waals surface area contributed by atoms with Crippen molar-refractivity contribution in [3.63, 3.8) is 0 Å². The van der Waals surface area contributed by atoms with E-state index in [1.54, 1.807) is 42.7 Å². The smallest absolute Gasteiger partial charge is 0.318 e. The summed E-state index contributed by atoms with van der Waals surface area (Å²) in [6.45, 7) is 3.96. The van der Waals surface area contributed by atoms with Crippen molar-refractivity contribution < 1.29 is 9.59 Å². The van der Waals surface area contributed by atoms with E-state index in [1.807, 2.05) is 32.0 Å². The van der Waals surface area contributed by atoms with Crippen molar-refractivity contribution in [2.45, 2.75) is 13.8 Å². The van der Waals surface area contributed by atoms with E-state index in [9.17, 15) is 9.59 Å². The van der Waals surface area contributed by atoms with Gasteiger partial charge in [-0.05, 0) is 68.0 Å². The second-order valence-corrected chi connectivity index (χ2v) is 6.91. The SMILES string of the molecule is Cc1cc(/C=C2\NC(=O)N(c3ccc(Cl)cc3)C2=O)c(C)n1-c1ccncc1. The van der Waals surface area contributed by atoms with Crippen LogP contribution < -0.4 is 10.2 Å².